The summed E-state index contributed by atoms with van der Waals surface area (Å²) in [6.07, 6.45) is 0.445. The Morgan fingerprint density at radius 2 is 1.82 bits per heavy atom. The second-order valence-electron chi connectivity index (χ2n) is 11.2. The van der Waals surface area contributed by atoms with Crippen molar-refractivity contribution in [1.29, 1.82) is 0 Å². The Morgan fingerprint density at radius 3 is 2.42 bits per heavy atom. The Kier molecular flexibility index (Phi) is 7.18. The lowest BCUT2D eigenvalue weighted by Gasteiger charge is -2.46. The molecule has 3 atom stereocenters. The molecule has 2 fully saturated rings. The van der Waals surface area contributed by atoms with Crippen LogP contribution < -0.4 is 4.74 Å². The largest absolute Gasteiger partial charge is 0.487 e. The fraction of sp³-hybridized carbons (Fsp3) is 0.552. The van der Waals surface area contributed by atoms with Gasteiger partial charge in [0.05, 0.1) is 16.5 Å². The lowest BCUT2D eigenvalue weighted by Crippen LogP contribution is -2.50. The SMILES string of the molecule is CC(c1cc(C(F)(F)F)cc(Cl)c1F)N1CCC2(CCc3ccc([C@H](C4CC4)[C@H](C)C(=O)O)cc3O2)CC1. The lowest BCUT2D eigenvalue weighted by molar-refractivity contribution is -0.142. The van der Waals surface area contributed by atoms with E-state index < -0.39 is 46.1 Å². The molecule has 3 aliphatic rings. The number of aliphatic carboxylic acids is 1. The predicted molar refractivity (Wildman–Crippen MR) is 136 cm³/mol. The van der Waals surface area contributed by atoms with Gasteiger partial charge in [-0.15, -0.1) is 0 Å². The quantitative estimate of drug-likeness (QED) is 0.374. The molecule has 0 bridgehead atoms. The molecular formula is C29H32ClF4NO3. The first-order valence-corrected chi connectivity index (χ1v) is 13.6. The highest BCUT2D eigenvalue weighted by molar-refractivity contribution is 6.30. The number of ether oxygens (including phenoxy) is 1. The highest BCUT2D eigenvalue weighted by Gasteiger charge is 2.43. The van der Waals surface area contributed by atoms with Gasteiger partial charge in [0.1, 0.15) is 17.2 Å². The van der Waals surface area contributed by atoms with Gasteiger partial charge in [-0.1, -0.05) is 30.7 Å². The maximum Gasteiger partial charge on any atom is 0.416 e. The van der Waals surface area contributed by atoms with E-state index in [0.717, 1.165) is 48.6 Å². The minimum Gasteiger partial charge on any atom is -0.487 e. The monoisotopic (exact) mass is 553 g/mol. The molecule has 38 heavy (non-hydrogen) atoms. The number of carbonyl (C=O) groups is 1. The summed E-state index contributed by atoms with van der Waals surface area (Å²) in [5, 5.41) is 9.12. The van der Waals surface area contributed by atoms with Crippen molar-refractivity contribution in [2.75, 3.05) is 13.1 Å². The van der Waals surface area contributed by atoms with Crippen molar-refractivity contribution in [3.05, 3.63) is 63.4 Å². The number of likely N-dealkylation sites (tertiary alicyclic amines) is 1. The van der Waals surface area contributed by atoms with Gasteiger partial charge in [0, 0.05) is 24.7 Å². The van der Waals surface area contributed by atoms with Gasteiger partial charge >= 0.3 is 12.1 Å². The zero-order valence-electron chi connectivity index (χ0n) is 21.5. The minimum atomic E-state index is -4.61. The number of hydrogen-bond donors (Lipinski definition) is 1. The van der Waals surface area contributed by atoms with Crippen molar-refractivity contribution in [3.63, 3.8) is 0 Å². The van der Waals surface area contributed by atoms with Crippen LogP contribution in [0.15, 0.2) is 30.3 Å². The zero-order valence-corrected chi connectivity index (χ0v) is 22.2. The van der Waals surface area contributed by atoms with E-state index in [9.17, 15) is 27.5 Å². The molecule has 4 nitrogen and oxygen atoms in total. The smallest absolute Gasteiger partial charge is 0.416 e. The highest BCUT2D eigenvalue weighted by Crippen LogP contribution is 2.49. The maximum absolute atomic E-state index is 14.8. The lowest BCUT2D eigenvalue weighted by atomic mass is 9.80. The normalized spacial score (nSPS) is 21.9. The third kappa shape index (κ3) is 5.26. The Hall–Kier alpha value is -2.32. The average Bonchev–Trinajstić information content (AvgIpc) is 3.70. The molecule has 1 saturated heterocycles. The molecule has 1 spiro atoms. The van der Waals surface area contributed by atoms with Crippen LogP contribution in [0.3, 0.4) is 0 Å². The zero-order chi connectivity index (χ0) is 27.4. The van der Waals surface area contributed by atoms with E-state index in [-0.39, 0.29) is 11.5 Å². The van der Waals surface area contributed by atoms with Crippen LogP contribution in [0.25, 0.3) is 0 Å². The number of rotatable bonds is 6. The topological polar surface area (TPSA) is 49.8 Å². The van der Waals surface area contributed by atoms with Gasteiger partial charge in [-0.25, -0.2) is 4.39 Å². The van der Waals surface area contributed by atoms with Crippen molar-refractivity contribution in [3.8, 4) is 5.75 Å². The molecule has 1 N–H and O–H groups in total. The summed E-state index contributed by atoms with van der Waals surface area (Å²) in [6, 6.07) is 7.03. The van der Waals surface area contributed by atoms with E-state index in [0.29, 0.717) is 37.9 Å². The fourth-order valence-electron chi connectivity index (χ4n) is 6.25. The summed E-state index contributed by atoms with van der Waals surface area (Å²) in [6.45, 7) is 4.57. The van der Waals surface area contributed by atoms with Crippen molar-refractivity contribution in [2.45, 2.75) is 76.1 Å². The van der Waals surface area contributed by atoms with E-state index in [2.05, 4.69) is 6.07 Å². The second kappa shape index (κ2) is 10.0. The van der Waals surface area contributed by atoms with Crippen molar-refractivity contribution in [2.24, 2.45) is 11.8 Å². The molecule has 206 valence electrons. The number of benzene rings is 2. The Morgan fingerprint density at radius 1 is 1.13 bits per heavy atom. The maximum atomic E-state index is 14.8. The van der Waals surface area contributed by atoms with Crippen molar-refractivity contribution in [1.82, 2.24) is 4.90 Å². The molecule has 1 unspecified atom stereocenters. The first kappa shape index (κ1) is 27.3. The Balaban J connectivity index is 1.31. The van der Waals surface area contributed by atoms with Crippen molar-refractivity contribution >= 4 is 17.6 Å². The standard InChI is InChI=1S/C29H32ClF4NO3/c1-16(27(36)37)25(19-4-5-19)20-6-3-18-7-8-28(38-24(18)13-20)9-11-35(12-10-28)17(2)22-14-21(29(32,33)34)15-23(30)26(22)31/h3,6,13-17,19,25H,4-5,7-12H2,1-2H3,(H,36,37)/t16-,17?,25-/m0/s1. The van der Waals surface area contributed by atoms with E-state index in [1.54, 1.807) is 13.8 Å². The van der Waals surface area contributed by atoms with E-state index >= 15 is 0 Å². The molecule has 2 aromatic carbocycles. The molecule has 5 rings (SSSR count). The first-order chi connectivity index (χ1) is 17.9. The molecule has 2 aliphatic heterocycles. The van der Waals surface area contributed by atoms with Crippen LogP contribution in [-0.2, 0) is 17.4 Å². The van der Waals surface area contributed by atoms with Crippen LogP contribution in [0.5, 0.6) is 5.75 Å². The molecular weight excluding hydrogens is 522 g/mol. The summed E-state index contributed by atoms with van der Waals surface area (Å²) in [5.41, 5.74) is 0.691. The summed E-state index contributed by atoms with van der Waals surface area (Å²) in [7, 11) is 0. The third-order valence-electron chi connectivity index (χ3n) is 8.80. The van der Waals surface area contributed by atoms with Gasteiger partial charge in [-0.2, -0.15) is 13.2 Å². The van der Waals surface area contributed by atoms with Gasteiger partial charge in [-0.05, 0) is 86.6 Å². The van der Waals surface area contributed by atoms with Crippen LogP contribution in [0.2, 0.25) is 5.02 Å². The number of hydrogen-bond acceptors (Lipinski definition) is 3. The molecule has 0 radical (unpaired) electrons. The van der Waals surface area contributed by atoms with E-state index in [1.807, 2.05) is 17.0 Å². The number of fused-ring (bicyclic) bond motifs is 1. The number of alkyl halides is 3. The van der Waals surface area contributed by atoms with Crippen LogP contribution in [0.1, 0.15) is 80.2 Å². The first-order valence-electron chi connectivity index (χ1n) is 13.2. The van der Waals surface area contributed by atoms with Crippen LogP contribution in [0.4, 0.5) is 17.6 Å². The Bertz CT molecular complexity index is 1220. The van der Waals surface area contributed by atoms with Gasteiger partial charge in [-0.3, -0.25) is 9.69 Å². The molecule has 1 saturated carbocycles. The number of aryl methyl sites for hydroxylation is 1. The van der Waals surface area contributed by atoms with E-state index in [1.165, 1.54) is 0 Å². The summed E-state index contributed by atoms with van der Waals surface area (Å²) in [4.78, 5) is 13.7. The molecule has 0 amide bonds. The predicted octanol–water partition coefficient (Wildman–Crippen LogP) is 7.63. The molecule has 1 aliphatic carbocycles. The Labute approximate surface area is 224 Å². The third-order valence-corrected chi connectivity index (χ3v) is 9.08. The number of carboxylic acid groups (broad SMARTS) is 1. The van der Waals surface area contributed by atoms with Gasteiger partial charge in [0.15, 0.2) is 0 Å². The van der Waals surface area contributed by atoms with E-state index in [4.69, 9.17) is 16.3 Å². The van der Waals surface area contributed by atoms with Gasteiger partial charge in [0.2, 0.25) is 0 Å². The van der Waals surface area contributed by atoms with Crippen molar-refractivity contribution < 1.29 is 32.2 Å². The number of carboxylic acids is 1. The molecule has 0 aromatic heterocycles. The number of halogens is 5. The van der Waals surface area contributed by atoms with Crippen LogP contribution >= 0.6 is 11.6 Å². The average molecular weight is 554 g/mol. The summed E-state index contributed by atoms with van der Waals surface area (Å²) >= 11 is 5.82. The van der Waals surface area contributed by atoms with Crippen LogP contribution in [-0.4, -0.2) is 34.7 Å². The second-order valence-corrected chi connectivity index (χ2v) is 11.6. The summed E-state index contributed by atoms with van der Waals surface area (Å²) < 4.78 is 61.3. The highest BCUT2D eigenvalue weighted by atomic mass is 35.5. The molecule has 2 heterocycles. The molecule has 2 aromatic rings. The number of piperidine rings is 1. The van der Waals surface area contributed by atoms with Gasteiger partial charge < -0.3 is 9.84 Å². The van der Waals surface area contributed by atoms with Crippen LogP contribution in [0, 0.1) is 17.7 Å². The van der Waals surface area contributed by atoms with Gasteiger partial charge in [0.25, 0.3) is 0 Å². The fourth-order valence-corrected chi connectivity index (χ4v) is 6.48. The summed E-state index contributed by atoms with van der Waals surface area (Å²) in [5.74, 6) is -0.954. The molecule has 9 heteroatoms. The minimum absolute atomic E-state index is 0.0452. The number of nitrogens with zero attached hydrogens (tertiary/aromatic N) is 1.